The molecule has 0 unspecified atom stereocenters. The van der Waals surface area contributed by atoms with Gasteiger partial charge in [0, 0.05) is 0 Å². The topological polar surface area (TPSA) is 83.6 Å². The van der Waals surface area contributed by atoms with Crippen LogP contribution in [0.5, 0.6) is 0 Å². The van der Waals surface area contributed by atoms with E-state index in [9.17, 15) is 9.59 Å². The van der Waals surface area contributed by atoms with E-state index >= 15 is 0 Å². The first kappa shape index (κ1) is 13.1. The van der Waals surface area contributed by atoms with Crippen LogP contribution in [0, 0.1) is 20.8 Å². The number of carbonyl (C=O) groups excluding carboxylic acids is 1. The number of carboxylic acids is 1. The second-order valence-corrected chi connectivity index (χ2v) is 4.82. The smallest absolute Gasteiger partial charge is 0.335 e. The van der Waals surface area contributed by atoms with Crippen LogP contribution >= 0.6 is 0 Å². The SMILES string of the molecule is Cc1cc(C)c(N2C(=O)CC(C(=O)O)=C2N)c(C)c1. The third kappa shape index (κ3) is 2.07. The number of hydrogen-bond acceptors (Lipinski definition) is 3. The largest absolute Gasteiger partial charge is 0.478 e. The van der Waals surface area contributed by atoms with Crippen molar-refractivity contribution in [1.82, 2.24) is 0 Å². The van der Waals surface area contributed by atoms with E-state index in [4.69, 9.17) is 10.8 Å². The number of carbonyl (C=O) groups is 2. The maximum absolute atomic E-state index is 12.0. The Labute approximate surface area is 111 Å². The molecular formula is C14H16N2O3. The highest BCUT2D eigenvalue weighted by Crippen LogP contribution is 2.33. The number of benzene rings is 1. The summed E-state index contributed by atoms with van der Waals surface area (Å²) < 4.78 is 0. The molecule has 0 atom stereocenters. The molecule has 1 heterocycles. The minimum Gasteiger partial charge on any atom is -0.478 e. The second kappa shape index (κ2) is 4.42. The van der Waals surface area contributed by atoms with Gasteiger partial charge in [-0.3, -0.25) is 9.69 Å². The third-order valence-electron chi connectivity index (χ3n) is 3.24. The van der Waals surface area contributed by atoms with Crippen molar-refractivity contribution in [2.45, 2.75) is 27.2 Å². The van der Waals surface area contributed by atoms with E-state index < -0.39 is 5.97 Å². The number of rotatable bonds is 2. The molecule has 0 saturated heterocycles. The molecule has 0 fully saturated rings. The van der Waals surface area contributed by atoms with E-state index in [0.29, 0.717) is 5.69 Å². The van der Waals surface area contributed by atoms with Crippen LogP contribution in [0.15, 0.2) is 23.5 Å². The normalized spacial score (nSPS) is 15.3. The molecule has 19 heavy (non-hydrogen) atoms. The first-order valence-electron chi connectivity index (χ1n) is 5.95. The van der Waals surface area contributed by atoms with Crippen molar-refractivity contribution in [2.24, 2.45) is 5.73 Å². The number of anilines is 1. The fourth-order valence-corrected chi connectivity index (χ4v) is 2.55. The minimum atomic E-state index is -1.14. The average Bonchev–Trinajstić information content (AvgIpc) is 2.55. The lowest BCUT2D eigenvalue weighted by molar-refractivity contribution is -0.133. The maximum Gasteiger partial charge on any atom is 0.335 e. The lowest BCUT2D eigenvalue weighted by atomic mass is 10.0. The van der Waals surface area contributed by atoms with Crippen LogP contribution < -0.4 is 10.6 Å². The van der Waals surface area contributed by atoms with Gasteiger partial charge in [-0.15, -0.1) is 0 Å². The number of aliphatic carboxylic acids is 1. The van der Waals surface area contributed by atoms with Gasteiger partial charge in [0.1, 0.15) is 5.82 Å². The number of hydrogen-bond donors (Lipinski definition) is 2. The fourth-order valence-electron chi connectivity index (χ4n) is 2.55. The molecule has 1 aromatic rings. The van der Waals surface area contributed by atoms with Crippen molar-refractivity contribution in [1.29, 1.82) is 0 Å². The van der Waals surface area contributed by atoms with Gasteiger partial charge < -0.3 is 10.8 Å². The molecule has 3 N–H and O–H groups in total. The molecule has 100 valence electrons. The van der Waals surface area contributed by atoms with E-state index in [1.165, 1.54) is 4.90 Å². The summed E-state index contributed by atoms with van der Waals surface area (Å²) in [6, 6.07) is 3.89. The molecule has 1 amide bonds. The van der Waals surface area contributed by atoms with Gasteiger partial charge in [0.15, 0.2) is 0 Å². The fraction of sp³-hybridized carbons (Fsp3) is 0.286. The predicted octanol–water partition coefficient (Wildman–Crippen LogP) is 1.60. The number of nitrogens with two attached hydrogens (primary N) is 1. The quantitative estimate of drug-likeness (QED) is 0.846. The maximum atomic E-state index is 12.0. The first-order chi connectivity index (χ1) is 8.82. The molecular weight excluding hydrogens is 244 g/mol. The van der Waals surface area contributed by atoms with Gasteiger partial charge in [-0.05, 0) is 31.9 Å². The van der Waals surface area contributed by atoms with Gasteiger partial charge in [-0.1, -0.05) is 17.7 Å². The van der Waals surface area contributed by atoms with E-state index in [1.807, 2.05) is 32.9 Å². The summed E-state index contributed by atoms with van der Waals surface area (Å²) in [7, 11) is 0. The molecule has 0 saturated carbocycles. The lowest BCUT2D eigenvalue weighted by Crippen LogP contribution is -2.30. The summed E-state index contributed by atoms with van der Waals surface area (Å²) in [6.07, 6.45) is -0.159. The van der Waals surface area contributed by atoms with Crippen LogP contribution in [0.2, 0.25) is 0 Å². The highest BCUT2D eigenvalue weighted by molar-refractivity contribution is 6.09. The summed E-state index contributed by atoms with van der Waals surface area (Å²) >= 11 is 0. The molecule has 1 aromatic carbocycles. The Bertz CT molecular complexity index is 594. The van der Waals surface area contributed by atoms with Crippen LogP contribution in [0.4, 0.5) is 5.69 Å². The van der Waals surface area contributed by atoms with Crippen molar-refractivity contribution < 1.29 is 14.7 Å². The first-order valence-corrected chi connectivity index (χ1v) is 5.95. The van der Waals surface area contributed by atoms with Crippen LogP contribution in [-0.4, -0.2) is 17.0 Å². The van der Waals surface area contributed by atoms with Gasteiger partial charge in [0.2, 0.25) is 5.91 Å². The Kier molecular flexibility index (Phi) is 3.06. The van der Waals surface area contributed by atoms with E-state index in [0.717, 1.165) is 16.7 Å². The molecule has 0 aliphatic carbocycles. The van der Waals surface area contributed by atoms with Gasteiger partial charge in [0.25, 0.3) is 0 Å². The molecule has 0 aromatic heterocycles. The highest BCUT2D eigenvalue weighted by atomic mass is 16.4. The summed E-state index contributed by atoms with van der Waals surface area (Å²) in [5, 5.41) is 9.03. The van der Waals surface area contributed by atoms with Gasteiger partial charge in [0.05, 0.1) is 17.7 Å². The molecule has 0 radical (unpaired) electrons. The summed E-state index contributed by atoms with van der Waals surface area (Å²) in [4.78, 5) is 24.4. The monoisotopic (exact) mass is 260 g/mol. The number of aryl methyl sites for hydroxylation is 3. The molecule has 5 nitrogen and oxygen atoms in total. The van der Waals surface area contributed by atoms with Crippen LogP contribution in [-0.2, 0) is 9.59 Å². The zero-order chi connectivity index (χ0) is 14.3. The average molecular weight is 260 g/mol. The van der Waals surface area contributed by atoms with Crippen LogP contribution in [0.1, 0.15) is 23.1 Å². The van der Waals surface area contributed by atoms with E-state index in [2.05, 4.69) is 0 Å². The van der Waals surface area contributed by atoms with Crippen molar-refractivity contribution in [3.63, 3.8) is 0 Å². The Hall–Kier alpha value is -2.30. The third-order valence-corrected chi connectivity index (χ3v) is 3.24. The molecule has 2 rings (SSSR count). The van der Waals surface area contributed by atoms with Gasteiger partial charge >= 0.3 is 5.97 Å². The van der Waals surface area contributed by atoms with Crippen molar-refractivity contribution in [3.05, 3.63) is 40.2 Å². The van der Waals surface area contributed by atoms with Crippen LogP contribution in [0.3, 0.4) is 0 Å². The van der Waals surface area contributed by atoms with Gasteiger partial charge in [-0.25, -0.2) is 4.79 Å². The zero-order valence-electron chi connectivity index (χ0n) is 11.2. The molecule has 5 heteroatoms. The van der Waals surface area contributed by atoms with E-state index in [-0.39, 0.29) is 23.7 Å². The number of nitrogens with zero attached hydrogens (tertiary/aromatic N) is 1. The standard InChI is InChI=1S/C14H16N2O3/c1-7-4-8(2)12(9(3)5-7)16-11(17)6-10(13(16)15)14(18)19/h4-5H,6,15H2,1-3H3,(H,18,19). The lowest BCUT2D eigenvalue weighted by Gasteiger charge is -2.22. The molecule has 0 bridgehead atoms. The molecule has 1 aliphatic heterocycles. The van der Waals surface area contributed by atoms with Crippen molar-refractivity contribution >= 4 is 17.6 Å². The van der Waals surface area contributed by atoms with Crippen molar-refractivity contribution in [2.75, 3.05) is 4.90 Å². The Morgan fingerprint density at radius 1 is 1.26 bits per heavy atom. The van der Waals surface area contributed by atoms with Crippen molar-refractivity contribution in [3.8, 4) is 0 Å². The Morgan fingerprint density at radius 2 is 1.79 bits per heavy atom. The van der Waals surface area contributed by atoms with E-state index in [1.54, 1.807) is 0 Å². The summed E-state index contributed by atoms with van der Waals surface area (Å²) in [5.74, 6) is -1.42. The summed E-state index contributed by atoms with van der Waals surface area (Å²) in [5.41, 5.74) is 9.37. The number of amides is 1. The Morgan fingerprint density at radius 3 is 2.21 bits per heavy atom. The zero-order valence-corrected chi connectivity index (χ0v) is 11.2. The molecule has 0 spiro atoms. The van der Waals surface area contributed by atoms with Gasteiger partial charge in [-0.2, -0.15) is 0 Å². The minimum absolute atomic E-state index is 0.0209. The number of carboxylic acid groups (broad SMARTS) is 1. The molecule has 1 aliphatic rings. The Balaban J connectivity index is 2.60. The van der Waals surface area contributed by atoms with Crippen LogP contribution in [0.25, 0.3) is 0 Å². The predicted molar refractivity (Wildman–Crippen MR) is 71.6 cm³/mol. The highest BCUT2D eigenvalue weighted by Gasteiger charge is 2.34. The second-order valence-electron chi connectivity index (χ2n) is 4.82. The summed E-state index contributed by atoms with van der Waals surface area (Å²) in [6.45, 7) is 5.74.